The molecule has 2 atom stereocenters. The Morgan fingerprint density at radius 3 is 2.18 bits per heavy atom. The van der Waals surface area contributed by atoms with Gasteiger partial charge in [0.15, 0.2) is 6.04 Å². The van der Waals surface area contributed by atoms with Crippen molar-refractivity contribution in [2.24, 2.45) is 0 Å². The molecule has 180 valence electrons. The molecule has 1 heterocycles. The zero-order chi connectivity index (χ0) is 24.5. The smallest absolute Gasteiger partial charge is 0.410 e. The SMILES string of the molecule is CC(C)(C)OC(=O)N[C@H]1CCCN(C(=O)OCC2c3ccccc3-c3ccccc32)[C@@H]1C(=O)O. The summed E-state index contributed by atoms with van der Waals surface area (Å²) in [6.45, 7) is 5.52. The van der Waals surface area contributed by atoms with Crippen LogP contribution in [0.2, 0.25) is 0 Å². The van der Waals surface area contributed by atoms with E-state index in [0.29, 0.717) is 12.8 Å². The van der Waals surface area contributed by atoms with Gasteiger partial charge in [0.05, 0.1) is 6.04 Å². The van der Waals surface area contributed by atoms with E-state index in [1.54, 1.807) is 20.8 Å². The molecule has 0 saturated carbocycles. The summed E-state index contributed by atoms with van der Waals surface area (Å²) in [5.41, 5.74) is 3.66. The highest BCUT2D eigenvalue weighted by Gasteiger charge is 2.42. The molecule has 0 aromatic heterocycles. The van der Waals surface area contributed by atoms with Crippen LogP contribution in [0, 0.1) is 0 Å². The number of ether oxygens (including phenoxy) is 2. The summed E-state index contributed by atoms with van der Waals surface area (Å²) in [6.07, 6.45) is -0.458. The van der Waals surface area contributed by atoms with Crippen molar-refractivity contribution in [2.75, 3.05) is 13.2 Å². The van der Waals surface area contributed by atoms with Crippen molar-refractivity contribution in [2.45, 2.75) is 57.2 Å². The molecule has 0 spiro atoms. The number of nitrogens with zero attached hydrogens (tertiary/aromatic N) is 1. The maximum absolute atomic E-state index is 13.1. The van der Waals surface area contributed by atoms with Crippen molar-refractivity contribution >= 4 is 18.2 Å². The summed E-state index contributed by atoms with van der Waals surface area (Å²) in [4.78, 5) is 38.6. The molecule has 34 heavy (non-hydrogen) atoms. The molecule has 2 aromatic rings. The number of rotatable bonds is 4. The van der Waals surface area contributed by atoms with Gasteiger partial charge in [-0.05, 0) is 55.9 Å². The third-order valence-electron chi connectivity index (χ3n) is 6.16. The number of carbonyl (C=O) groups is 3. The zero-order valence-corrected chi connectivity index (χ0v) is 19.6. The van der Waals surface area contributed by atoms with Crippen LogP contribution in [-0.2, 0) is 14.3 Å². The number of alkyl carbamates (subject to hydrolysis) is 1. The summed E-state index contributed by atoms with van der Waals surface area (Å²) >= 11 is 0. The van der Waals surface area contributed by atoms with Crippen LogP contribution in [0.15, 0.2) is 48.5 Å². The molecule has 2 aromatic carbocycles. The van der Waals surface area contributed by atoms with E-state index < -0.39 is 35.8 Å². The van der Waals surface area contributed by atoms with E-state index >= 15 is 0 Å². The summed E-state index contributed by atoms with van der Waals surface area (Å²) < 4.78 is 10.9. The number of aliphatic carboxylic acids is 1. The average molecular weight is 467 g/mol. The molecule has 1 saturated heterocycles. The molecule has 1 aliphatic carbocycles. The third kappa shape index (κ3) is 4.85. The number of piperidine rings is 1. The summed E-state index contributed by atoms with van der Waals surface area (Å²) in [7, 11) is 0. The molecule has 0 radical (unpaired) electrons. The first-order chi connectivity index (χ1) is 16.2. The Balaban J connectivity index is 1.47. The fraction of sp³-hybridized carbons (Fsp3) is 0.423. The Hall–Kier alpha value is -3.55. The number of carbonyl (C=O) groups excluding carboxylic acids is 2. The Kier molecular flexibility index (Phi) is 6.50. The van der Waals surface area contributed by atoms with E-state index in [9.17, 15) is 19.5 Å². The van der Waals surface area contributed by atoms with Crippen molar-refractivity contribution in [1.82, 2.24) is 10.2 Å². The van der Waals surface area contributed by atoms with Gasteiger partial charge < -0.3 is 19.9 Å². The van der Waals surface area contributed by atoms with Crippen molar-refractivity contribution in [1.29, 1.82) is 0 Å². The number of carboxylic acid groups (broad SMARTS) is 1. The quantitative estimate of drug-likeness (QED) is 0.693. The average Bonchev–Trinajstić information content (AvgIpc) is 3.09. The van der Waals surface area contributed by atoms with Crippen LogP contribution < -0.4 is 5.32 Å². The van der Waals surface area contributed by atoms with Crippen LogP contribution in [0.25, 0.3) is 11.1 Å². The van der Waals surface area contributed by atoms with Crippen molar-refractivity contribution in [3.8, 4) is 11.1 Å². The van der Waals surface area contributed by atoms with Gasteiger partial charge in [-0.3, -0.25) is 4.90 Å². The molecule has 1 fully saturated rings. The molecule has 4 rings (SSSR count). The topological polar surface area (TPSA) is 105 Å². The van der Waals surface area contributed by atoms with Crippen molar-refractivity contribution in [3.05, 3.63) is 59.7 Å². The van der Waals surface area contributed by atoms with Gasteiger partial charge in [-0.25, -0.2) is 14.4 Å². The fourth-order valence-electron chi connectivity index (χ4n) is 4.79. The molecular formula is C26H30N2O6. The Labute approximate surface area is 198 Å². The van der Waals surface area contributed by atoms with Gasteiger partial charge in [-0.15, -0.1) is 0 Å². The second-order valence-electron chi connectivity index (χ2n) is 9.68. The number of fused-ring (bicyclic) bond motifs is 3. The standard InChI is InChI=1S/C26H30N2O6/c1-26(2,3)34-24(31)27-21-13-8-14-28(22(21)23(29)30)25(32)33-15-20-18-11-6-4-9-16(18)17-10-5-7-12-19(17)20/h4-7,9-12,20-22H,8,13-15H2,1-3H3,(H,27,31)(H,29,30)/t21-,22-/m0/s1. The van der Waals surface area contributed by atoms with Gasteiger partial charge in [0.1, 0.15) is 12.2 Å². The summed E-state index contributed by atoms with van der Waals surface area (Å²) in [6, 6.07) is 14.0. The van der Waals surface area contributed by atoms with E-state index in [4.69, 9.17) is 9.47 Å². The highest BCUT2D eigenvalue weighted by molar-refractivity contribution is 5.83. The molecule has 2 N–H and O–H groups in total. The first-order valence-electron chi connectivity index (χ1n) is 11.5. The van der Waals surface area contributed by atoms with E-state index in [1.807, 2.05) is 48.5 Å². The van der Waals surface area contributed by atoms with Gasteiger partial charge in [-0.2, -0.15) is 0 Å². The lowest BCUT2D eigenvalue weighted by Gasteiger charge is -2.38. The minimum atomic E-state index is -1.24. The van der Waals surface area contributed by atoms with Crippen LogP contribution in [0.3, 0.4) is 0 Å². The Morgan fingerprint density at radius 2 is 1.62 bits per heavy atom. The summed E-state index contributed by atoms with van der Waals surface area (Å²) in [5, 5.41) is 12.5. The number of benzene rings is 2. The molecule has 8 nitrogen and oxygen atoms in total. The van der Waals surface area contributed by atoms with E-state index in [2.05, 4.69) is 5.32 Å². The van der Waals surface area contributed by atoms with Gasteiger partial charge in [0.25, 0.3) is 0 Å². The minimum Gasteiger partial charge on any atom is -0.480 e. The number of hydrogen-bond acceptors (Lipinski definition) is 5. The lowest BCUT2D eigenvalue weighted by atomic mass is 9.96. The van der Waals surface area contributed by atoms with E-state index in [0.717, 1.165) is 22.3 Å². The predicted octanol–water partition coefficient (Wildman–Crippen LogP) is 4.38. The van der Waals surface area contributed by atoms with Crippen LogP contribution in [0.4, 0.5) is 9.59 Å². The van der Waals surface area contributed by atoms with Crippen LogP contribution in [0.1, 0.15) is 50.7 Å². The van der Waals surface area contributed by atoms with Crippen molar-refractivity contribution in [3.63, 3.8) is 0 Å². The van der Waals surface area contributed by atoms with Gasteiger partial charge >= 0.3 is 18.2 Å². The molecule has 0 bridgehead atoms. The molecule has 2 aliphatic rings. The highest BCUT2D eigenvalue weighted by Crippen LogP contribution is 2.44. The minimum absolute atomic E-state index is 0.0971. The Morgan fingerprint density at radius 1 is 1.03 bits per heavy atom. The van der Waals surface area contributed by atoms with Crippen molar-refractivity contribution < 1.29 is 29.0 Å². The number of carboxylic acids is 1. The van der Waals surface area contributed by atoms with Gasteiger partial charge in [0.2, 0.25) is 0 Å². The Bertz CT molecular complexity index is 1050. The molecule has 2 amide bonds. The predicted molar refractivity (Wildman–Crippen MR) is 126 cm³/mol. The lowest BCUT2D eigenvalue weighted by molar-refractivity contribution is -0.145. The molecule has 0 unspecified atom stereocenters. The molecule has 1 aliphatic heterocycles. The maximum atomic E-state index is 13.1. The van der Waals surface area contributed by atoms with Gasteiger partial charge in [0, 0.05) is 12.5 Å². The maximum Gasteiger partial charge on any atom is 0.410 e. The fourth-order valence-corrected chi connectivity index (χ4v) is 4.79. The number of nitrogens with one attached hydrogen (secondary N) is 1. The first-order valence-corrected chi connectivity index (χ1v) is 11.5. The molecular weight excluding hydrogens is 436 g/mol. The number of amides is 2. The lowest BCUT2D eigenvalue weighted by Crippen LogP contribution is -2.60. The normalized spacial score (nSPS) is 19.7. The second-order valence-corrected chi connectivity index (χ2v) is 9.68. The largest absolute Gasteiger partial charge is 0.480 e. The van der Waals surface area contributed by atoms with Crippen LogP contribution >= 0.6 is 0 Å². The van der Waals surface area contributed by atoms with E-state index in [-0.39, 0.29) is 19.1 Å². The molecule has 8 heteroatoms. The van der Waals surface area contributed by atoms with Crippen LogP contribution in [0.5, 0.6) is 0 Å². The van der Waals surface area contributed by atoms with E-state index in [1.165, 1.54) is 4.90 Å². The monoisotopic (exact) mass is 466 g/mol. The van der Waals surface area contributed by atoms with Crippen LogP contribution in [-0.4, -0.2) is 59.0 Å². The highest BCUT2D eigenvalue weighted by atomic mass is 16.6. The second kappa shape index (κ2) is 9.37. The van der Waals surface area contributed by atoms with Gasteiger partial charge in [-0.1, -0.05) is 48.5 Å². The first kappa shape index (κ1) is 23.6. The third-order valence-corrected chi connectivity index (χ3v) is 6.16. The number of hydrogen-bond donors (Lipinski definition) is 2. The number of likely N-dealkylation sites (tertiary alicyclic amines) is 1. The summed E-state index contributed by atoms with van der Waals surface area (Å²) in [5.74, 6) is -1.32. The zero-order valence-electron chi connectivity index (χ0n) is 19.6.